The number of rotatable bonds is 3. The minimum atomic E-state index is 0.344. The Labute approximate surface area is 151 Å². The number of fused-ring (bicyclic) bond motifs is 3. The quantitative estimate of drug-likeness (QED) is 0.692. The second kappa shape index (κ2) is 5.30. The van der Waals surface area contributed by atoms with Gasteiger partial charge in [0.1, 0.15) is 0 Å². The minimum Gasteiger partial charge on any atom is -0.297 e. The van der Waals surface area contributed by atoms with E-state index < -0.39 is 0 Å². The van der Waals surface area contributed by atoms with Gasteiger partial charge in [-0.3, -0.25) is 9.69 Å². The Balaban J connectivity index is 1.44. The number of thiophene rings is 1. The van der Waals surface area contributed by atoms with Gasteiger partial charge < -0.3 is 0 Å². The number of hydrogen-bond acceptors (Lipinski definition) is 3. The molecule has 1 saturated carbocycles. The van der Waals surface area contributed by atoms with E-state index in [0.717, 1.165) is 33.2 Å². The van der Waals surface area contributed by atoms with E-state index in [1.165, 1.54) is 43.5 Å². The molecule has 4 heteroatoms. The molecule has 3 saturated heterocycles. The lowest BCUT2D eigenvalue weighted by molar-refractivity contribution is -0.0273. The van der Waals surface area contributed by atoms with Crippen LogP contribution in [-0.4, -0.2) is 29.3 Å². The number of halogens is 1. The molecule has 1 aliphatic carbocycles. The molecule has 2 bridgehead atoms. The van der Waals surface area contributed by atoms with Crippen LogP contribution in [0, 0.1) is 18.8 Å². The lowest BCUT2D eigenvalue weighted by Gasteiger charge is -2.52. The number of benzene rings is 1. The SMILES string of the molecule is Cc1c(Cl)ccc2cc(C(=O)C[C@@H]3C4CCN(CC4)C34CC4)sc12. The van der Waals surface area contributed by atoms with Crippen LogP contribution in [0.4, 0.5) is 0 Å². The highest BCUT2D eigenvalue weighted by molar-refractivity contribution is 7.21. The Kier molecular flexibility index (Phi) is 3.39. The van der Waals surface area contributed by atoms with Crippen molar-refractivity contribution in [3.63, 3.8) is 0 Å². The van der Waals surface area contributed by atoms with Crippen molar-refractivity contribution >= 4 is 38.8 Å². The number of Topliss-reactive ketones (excluding diaryl/α,β-unsaturated/α-hetero) is 1. The molecule has 0 radical (unpaired) electrons. The predicted molar refractivity (Wildman–Crippen MR) is 100 cm³/mol. The predicted octanol–water partition coefficient (Wildman–Crippen LogP) is 5.31. The van der Waals surface area contributed by atoms with Gasteiger partial charge in [0.25, 0.3) is 0 Å². The number of ketones is 1. The molecule has 0 unspecified atom stereocenters. The molecule has 126 valence electrons. The number of carbonyl (C=O) groups excluding carboxylic acids is 1. The van der Waals surface area contributed by atoms with E-state index in [1.54, 1.807) is 11.3 Å². The van der Waals surface area contributed by atoms with Crippen LogP contribution in [-0.2, 0) is 0 Å². The van der Waals surface area contributed by atoms with Crippen molar-refractivity contribution in [2.75, 3.05) is 13.1 Å². The average Bonchev–Trinajstić information content (AvgIpc) is 3.24. The van der Waals surface area contributed by atoms with Crippen LogP contribution < -0.4 is 0 Å². The first-order valence-corrected chi connectivity index (χ1v) is 10.2. The Bertz CT molecular complexity index is 830. The molecule has 4 fully saturated rings. The first-order chi connectivity index (χ1) is 11.6. The van der Waals surface area contributed by atoms with Crippen LogP contribution in [0.1, 0.15) is 47.3 Å². The summed E-state index contributed by atoms with van der Waals surface area (Å²) < 4.78 is 1.17. The zero-order valence-corrected chi connectivity index (χ0v) is 15.6. The molecule has 1 atom stereocenters. The van der Waals surface area contributed by atoms with Gasteiger partial charge in [-0.2, -0.15) is 0 Å². The van der Waals surface area contributed by atoms with E-state index in [2.05, 4.69) is 11.0 Å². The second-order valence-electron chi connectivity index (χ2n) is 7.86. The molecule has 0 N–H and O–H groups in total. The van der Waals surface area contributed by atoms with E-state index >= 15 is 0 Å². The molecule has 0 amide bonds. The van der Waals surface area contributed by atoms with Gasteiger partial charge in [-0.05, 0) is 80.6 Å². The Morgan fingerprint density at radius 1 is 1.33 bits per heavy atom. The standard InChI is InChI=1S/C20H22ClNOS/c1-12-16(21)3-2-14-10-18(24-19(12)14)17(23)11-15-13-4-8-22(9-5-13)20(15)6-7-20/h2-3,10,13,15H,4-9,11H2,1H3/t15-/m1/s1. The third-order valence-electron chi connectivity index (χ3n) is 6.74. The second-order valence-corrected chi connectivity index (χ2v) is 9.32. The zero-order valence-electron chi connectivity index (χ0n) is 14.0. The van der Waals surface area contributed by atoms with E-state index in [1.807, 2.05) is 19.1 Å². The summed E-state index contributed by atoms with van der Waals surface area (Å²) in [5.74, 6) is 1.70. The first kappa shape index (κ1) is 15.4. The molecule has 4 heterocycles. The number of aryl methyl sites for hydroxylation is 1. The van der Waals surface area contributed by atoms with Crippen molar-refractivity contribution in [2.45, 2.75) is 44.6 Å². The molecule has 24 heavy (non-hydrogen) atoms. The molecule has 3 aliphatic heterocycles. The Hall–Kier alpha value is -0.900. The number of nitrogens with zero attached hydrogens (tertiary/aromatic N) is 1. The summed E-state index contributed by atoms with van der Waals surface area (Å²) in [6.45, 7) is 4.56. The molecular formula is C20H22ClNOS. The number of piperidine rings is 3. The summed E-state index contributed by atoms with van der Waals surface area (Å²) in [6, 6.07) is 6.05. The monoisotopic (exact) mass is 359 g/mol. The fraction of sp³-hybridized carbons (Fsp3) is 0.550. The number of hydrogen-bond donors (Lipinski definition) is 0. The van der Waals surface area contributed by atoms with Crippen LogP contribution >= 0.6 is 22.9 Å². The van der Waals surface area contributed by atoms with Crippen LogP contribution in [0.5, 0.6) is 0 Å². The van der Waals surface area contributed by atoms with Gasteiger partial charge in [0.2, 0.25) is 0 Å². The Morgan fingerprint density at radius 2 is 2.08 bits per heavy atom. The fourth-order valence-corrected chi connectivity index (χ4v) is 6.57. The maximum Gasteiger partial charge on any atom is 0.173 e. The van der Waals surface area contributed by atoms with Crippen LogP contribution in [0.3, 0.4) is 0 Å². The first-order valence-electron chi connectivity index (χ1n) is 9.05. The Morgan fingerprint density at radius 3 is 2.79 bits per heavy atom. The summed E-state index contributed by atoms with van der Waals surface area (Å²) in [7, 11) is 0. The van der Waals surface area contributed by atoms with Gasteiger partial charge in [-0.1, -0.05) is 17.7 Å². The van der Waals surface area contributed by atoms with Crippen molar-refractivity contribution in [1.29, 1.82) is 0 Å². The summed E-state index contributed by atoms with van der Waals surface area (Å²) >= 11 is 7.86. The summed E-state index contributed by atoms with van der Waals surface area (Å²) in [5, 5.41) is 1.94. The van der Waals surface area contributed by atoms with Gasteiger partial charge >= 0.3 is 0 Å². The highest BCUT2D eigenvalue weighted by atomic mass is 35.5. The fourth-order valence-electron chi connectivity index (χ4n) is 5.25. The van der Waals surface area contributed by atoms with Gasteiger partial charge in [0, 0.05) is 21.7 Å². The summed E-state index contributed by atoms with van der Waals surface area (Å²) in [5.41, 5.74) is 1.49. The summed E-state index contributed by atoms with van der Waals surface area (Å²) in [4.78, 5) is 16.6. The van der Waals surface area contributed by atoms with Crippen molar-refractivity contribution < 1.29 is 4.79 Å². The van der Waals surface area contributed by atoms with Gasteiger partial charge in [-0.25, -0.2) is 0 Å². The van der Waals surface area contributed by atoms with Gasteiger partial charge in [-0.15, -0.1) is 11.3 Å². The third-order valence-corrected chi connectivity index (χ3v) is 8.46. The topological polar surface area (TPSA) is 20.3 Å². The third kappa shape index (κ3) is 2.14. The molecule has 2 nitrogen and oxygen atoms in total. The maximum atomic E-state index is 13.0. The van der Waals surface area contributed by atoms with Crippen LogP contribution in [0.15, 0.2) is 18.2 Å². The van der Waals surface area contributed by atoms with Crippen molar-refractivity contribution in [3.05, 3.63) is 33.7 Å². The number of carbonyl (C=O) groups is 1. The highest BCUT2D eigenvalue weighted by Gasteiger charge is 2.60. The average molecular weight is 360 g/mol. The molecule has 1 aromatic heterocycles. The molecule has 6 rings (SSSR count). The molecule has 1 aromatic carbocycles. The highest BCUT2D eigenvalue weighted by Crippen LogP contribution is 2.58. The van der Waals surface area contributed by atoms with Crippen molar-refractivity contribution in [2.24, 2.45) is 11.8 Å². The molecule has 2 aromatic rings. The van der Waals surface area contributed by atoms with E-state index in [0.29, 0.717) is 17.2 Å². The zero-order chi connectivity index (χ0) is 16.5. The molecule has 4 aliphatic rings. The maximum absolute atomic E-state index is 13.0. The van der Waals surface area contributed by atoms with Gasteiger partial charge in [0.15, 0.2) is 5.78 Å². The summed E-state index contributed by atoms with van der Waals surface area (Å²) in [6.07, 6.45) is 5.94. The normalized spacial score (nSPS) is 30.2. The van der Waals surface area contributed by atoms with Crippen LogP contribution in [0.2, 0.25) is 5.02 Å². The van der Waals surface area contributed by atoms with E-state index in [9.17, 15) is 4.79 Å². The van der Waals surface area contributed by atoms with Crippen LogP contribution in [0.25, 0.3) is 10.1 Å². The van der Waals surface area contributed by atoms with E-state index in [4.69, 9.17) is 11.6 Å². The lowest BCUT2D eigenvalue weighted by atomic mass is 9.70. The van der Waals surface area contributed by atoms with Crippen molar-refractivity contribution in [1.82, 2.24) is 4.90 Å². The largest absolute Gasteiger partial charge is 0.297 e. The molecule has 1 spiro atoms. The van der Waals surface area contributed by atoms with Gasteiger partial charge in [0.05, 0.1) is 4.88 Å². The smallest absolute Gasteiger partial charge is 0.173 e. The lowest BCUT2D eigenvalue weighted by Crippen LogP contribution is -2.57. The molecular weight excluding hydrogens is 338 g/mol. The van der Waals surface area contributed by atoms with Crippen molar-refractivity contribution in [3.8, 4) is 0 Å². The van der Waals surface area contributed by atoms with E-state index in [-0.39, 0.29) is 0 Å². The minimum absolute atomic E-state index is 0.344.